The molecule has 1 saturated heterocycles. The second kappa shape index (κ2) is 10.3. The highest BCUT2D eigenvalue weighted by Crippen LogP contribution is 2.34. The van der Waals surface area contributed by atoms with Crippen LogP contribution in [0.5, 0.6) is 0 Å². The SMILES string of the molecule is CCOC(=O)c1cnc2c(Cl)c(Cl)ccc2c1NCCN1CCOCC1.Cl. The van der Waals surface area contributed by atoms with E-state index >= 15 is 0 Å². The van der Waals surface area contributed by atoms with E-state index in [-0.39, 0.29) is 12.4 Å². The summed E-state index contributed by atoms with van der Waals surface area (Å²) in [5.74, 6) is -0.415. The number of hydrogen-bond acceptors (Lipinski definition) is 6. The van der Waals surface area contributed by atoms with Gasteiger partial charge in [-0.15, -0.1) is 12.4 Å². The van der Waals surface area contributed by atoms with Gasteiger partial charge in [0.15, 0.2) is 0 Å². The number of rotatable bonds is 6. The second-order valence-electron chi connectivity index (χ2n) is 5.91. The number of benzene rings is 1. The number of nitrogens with one attached hydrogen (secondary N) is 1. The monoisotopic (exact) mass is 433 g/mol. The first-order valence-corrected chi connectivity index (χ1v) is 9.35. The van der Waals surface area contributed by atoms with E-state index in [1.807, 2.05) is 6.07 Å². The maximum Gasteiger partial charge on any atom is 0.341 e. The molecule has 1 aliphatic rings. The Morgan fingerprint density at radius 1 is 1.33 bits per heavy atom. The van der Waals surface area contributed by atoms with Gasteiger partial charge in [-0.1, -0.05) is 23.2 Å². The fourth-order valence-corrected chi connectivity index (χ4v) is 3.29. The molecule has 6 nitrogen and oxygen atoms in total. The predicted octanol–water partition coefficient (Wildman–Crippen LogP) is 3.88. The zero-order chi connectivity index (χ0) is 18.5. The molecule has 1 aromatic carbocycles. The second-order valence-corrected chi connectivity index (χ2v) is 6.69. The van der Waals surface area contributed by atoms with Gasteiger partial charge in [0.25, 0.3) is 0 Å². The fourth-order valence-electron chi connectivity index (χ4n) is 2.92. The van der Waals surface area contributed by atoms with Crippen LogP contribution >= 0.6 is 35.6 Å². The number of ether oxygens (including phenoxy) is 2. The van der Waals surface area contributed by atoms with Crippen molar-refractivity contribution in [3.63, 3.8) is 0 Å². The molecule has 2 heterocycles. The Hall–Kier alpha value is -1.31. The van der Waals surface area contributed by atoms with Crippen LogP contribution in [0.2, 0.25) is 10.0 Å². The van der Waals surface area contributed by atoms with Crippen LogP contribution in [-0.4, -0.2) is 61.9 Å². The number of hydrogen-bond donors (Lipinski definition) is 1. The van der Waals surface area contributed by atoms with Crippen LogP contribution in [0.3, 0.4) is 0 Å². The highest BCUT2D eigenvalue weighted by molar-refractivity contribution is 6.45. The topological polar surface area (TPSA) is 63.7 Å². The van der Waals surface area contributed by atoms with Gasteiger partial charge in [-0.05, 0) is 19.1 Å². The van der Waals surface area contributed by atoms with Crippen LogP contribution in [-0.2, 0) is 9.47 Å². The third kappa shape index (κ3) is 5.15. The minimum atomic E-state index is -0.415. The zero-order valence-electron chi connectivity index (χ0n) is 15.0. The number of carbonyl (C=O) groups excluding carboxylic acids is 1. The Morgan fingerprint density at radius 3 is 2.78 bits per heavy atom. The van der Waals surface area contributed by atoms with E-state index in [9.17, 15) is 4.79 Å². The van der Waals surface area contributed by atoms with Gasteiger partial charge in [-0.25, -0.2) is 4.79 Å². The molecule has 0 saturated carbocycles. The number of fused-ring (bicyclic) bond motifs is 1. The van der Waals surface area contributed by atoms with E-state index in [1.54, 1.807) is 13.0 Å². The average molecular weight is 435 g/mol. The number of nitrogens with zero attached hydrogens (tertiary/aromatic N) is 2. The molecule has 1 fully saturated rings. The van der Waals surface area contributed by atoms with Crippen LogP contribution in [0, 0.1) is 0 Å². The van der Waals surface area contributed by atoms with Gasteiger partial charge in [0.1, 0.15) is 5.56 Å². The van der Waals surface area contributed by atoms with Crippen LogP contribution in [0.15, 0.2) is 18.3 Å². The Balaban J connectivity index is 0.00000261. The van der Waals surface area contributed by atoms with Crippen molar-refractivity contribution in [1.82, 2.24) is 9.88 Å². The molecule has 0 aliphatic carbocycles. The van der Waals surface area contributed by atoms with Crippen molar-refractivity contribution >= 4 is 58.2 Å². The molecule has 148 valence electrons. The summed E-state index contributed by atoms with van der Waals surface area (Å²) in [6, 6.07) is 3.52. The lowest BCUT2D eigenvalue weighted by molar-refractivity contribution is 0.0398. The lowest BCUT2D eigenvalue weighted by Gasteiger charge is -2.27. The van der Waals surface area contributed by atoms with Crippen LogP contribution in [0.1, 0.15) is 17.3 Å². The molecule has 0 unspecified atom stereocenters. The molecular formula is C18H22Cl3N3O3. The molecule has 1 aliphatic heterocycles. The molecule has 1 N–H and O–H groups in total. The normalized spacial score (nSPS) is 14.6. The van der Waals surface area contributed by atoms with E-state index in [1.165, 1.54) is 6.20 Å². The molecule has 9 heteroatoms. The summed E-state index contributed by atoms with van der Waals surface area (Å²) < 4.78 is 10.5. The first kappa shape index (κ1) is 22.0. The summed E-state index contributed by atoms with van der Waals surface area (Å²) in [6.07, 6.45) is 1.49. The number of halogens is 3. The van der Waals surface area contributed by atoms with E-state index in [2.05, 4.69) is 15.2 Å². The first-order valence-electron chi connectivity index (χ1n) is 8.59. The number of pyridine rings is 1. The average Bonchev–Trinajstić information content (AvgIpc) is 2.66. The number of esters is 1. The van der Waals surface area contributed by atoms with Crippen molar-refractivity contribution in [2.45, 2.75) is 6.92 Å². The summed E-state index contributed by atoms with van der Waals surface area (Å²) in [5, 5.41) is 4.90. The number of aromatic nitrogens is 1. The zero-order valence-corrected chi connectivity index (χ0v) is 17.3. The molecule has 0 radical (unpaired) electrons. The molecule has 2 aromatic rings. The maximum atomic E-state index is 12.3. The third-order valence-corrected chi connectivity index (χ3v) is 5.05. The van der Waals surface area contributed by atoms with Crippen LogP contribution in [0.4, 0.5) is 5.69 Å². The Morgan fingerprint density at radius 2 is 2.07 bits per heavy atom. The van der Waals surface area contributed by atoms with Crippen LogP contribution < -0.4 is 5.32 Å². The molecule has 0 amide bonds. The first-order chi connectivity index (χ1) is 12.6. The highest BCUT2D eigenvalue weighted by Gasteiger charge is 2.19. The number of anilines is 1. The summed E-state index contributed by atoms with van der Waals surface area (Å²) >= 11 is 12.4. The largest absolute Gasteiger partial charge is 0.462 e. The highest BCUT2D eigenvalue weighted by atomic mass is 35.5. The number of carbonyl (C=O) groups is 1. The smallest absolute Gasteiger partial charge is 0.341 e. The molecule has 27 heavy (non-hydrogen) atoms. The standard InChI is InChI=1S/C18H21Cl2N3O3.ClH/c1-2-26-18(24)13-11-22-17-12(3-4-14(19)15(17)20)16(13)21-5-6-23-7-9-25-10-8-23;/h3-4,11H,2,5-10H2,1H3,(H,21,22);1H. The fraction of sp³-hybridized carbons (Fsp3) is 0.444. The lowest BCUT2D eigenvalue weighted by atomic mass is 10.1. The summed E-state index contributed by atoms with van der Waals surface area (Å²) in [7, 11) is 0. The molecule has 0 spiro atoms. The van der Waals surface area contributed by atoms with Gasteiger partial charge in [0.05, 0.1) is 41.1 Å². The van der Waals surface area contributed by atoms with Crippen molar-refractivity contribution in [2.24, 2.45) is 0 Å². The van der Waals surface area contributed by atoms with E-state index < -0.39 is 5.97 Å². The molecule has 0 atom stereocenters. The van der Waals surface area contributed by atoms with Crippen molar-refractivity contribution < 1.29 is 14.3 Å². The Kier molecular flexibility index (Phi) is 8.38. The van der Waals surface area contributed by atoms with Crippen molar-refractivity contribution in [2.75, 3.05) is 51.3 Å². The van der Waals surface area contributed by atoms with Gasteiger partial charge >= 0.3 is 5.97 Å². The van der Waals surface area contributed by atoms with Crippen molar-refractivity contribution in [1.29, 1.82) is 0 Å². The quantitative estimate of drug-likeness (QED) is 0.696. The maximum absolute atomic E-state index is 12.3. The molecule has 0 bridgehead atoms. The molecular weight excluding hydrogens is 413 g/mol. The van der Waals surface area contributed by atoms with E-state index in [4.69, 9.17) is 32.7 Å². The van der Waals surface area contributed by atoms with Gasteiger partial charge in [-0.3, -0.25) is 9.88 Å². The minimum Gasteiger partial charge on any atom is -0.462 e. The molecule has 3 rings (SSSR count). The van der Waals surface area contributed by atoms with E-state index in [0.29, 0.717) is 40.0 Å². The number of morpholine rings is 1. The lowest BCUT2D eigenvalue weighted by Crippen LogP contribution is -2.39. The van der Waals surface area contributed by atoms with Gasteiger partial charge in [-0.2, -0.15) is 0 Å². The van der Waals surface area contributed by atoms with Crippen LogP contribution in [0.25, 0.3) is 10.9 Å². The summed E-state index contributed by atoms with van der Waals surface area (Å²) in [5.41, 5.74) is 1.61. The summed E-state index contributed by atoms with van der Waals surface area (Å²) in [4.78, 5) is 19.0. The van der Waals surface area contributed by atoms with E-state index in [0.717, 1.165) is 38.2 Å². The third-order valence-electron chi connectivity index (χ3n) is 4.26. The minimum absolute atomic E-state index is 0. The van der Waals surface area contributed by atoms with Crippen molar-refractivity contribution in [3.8, 4) is 0 Å². The summed E-state index contributed by atoms with van der Waals surface area (Å²) in [6.45, 7) is 6.90. The van der Waals surface area contributed by atoms with Gasteiger partial charge in [0, 0.05) is 37.8 Å². The predicted molar refractivity (Wildman–Crippen MR) is 111 cm³/mol. The Labute approximate surface area is 174 Å². The van der Waals surface area contributed by atoms with Crippen molar-refractivity contribution in [3.05, 3.63) is 33.9 Å². The molecule has 1 aromatic heterocycles. The Bertz CT molecular complexity index is 798. The van der Waals surface area contributed by atoms with Gasteiger partial charge < -0.3 is 14.8 Å². The van der Waals surface area contributed by atoms with Gasteiger partial charge in [0.2, 0.25) is 0 Å².